The number of carbonyl (C=O) groups excluding carboxylic acids is 1. The molecule has 0 fully saturated rings. The molecular weight excluding hydrogens is 384 g/mol. The van der Waals surface area contributed by atoms with Gasteiger partial charge in [0.2, 0.25) is 0 Å². The van der Waals surface area contributed by atoms with Gasteiger partial charge in [0.15, 0.2) is 5.16 Å². The van der Waals surface area contributed by atoms with Gasteiger partial charge < -0.3 is 14.4 Å². The lowest BCUT2D eigenvalue weighted by atomic mass is 10.1. The molecule has 0 aliphatic heterocycles. The summed E-state index contributed by atoms with van der Waals surface area (Å²) in [7, 11) is 1.37. The van der Waals surface area contributed by atoms with Crippen LogP contribution in [0.5, 0.6) is 0 Å². The molecule has 7 heteroatoms. The van der Waals surface area contributed by atoms with E-state index in [1.807, 2.05) is 41.0 Å². The summed E-state index contributed by atoms with van der Waals surface area (Å²) < 4.78 is 6.71. The molecule has 1 N–H and O–H groups in total. The standard InChI is InChI=1S/C20H19ClN2O3S/c1-26-19(25)16-6-2-15(3-7-16)13-27-20-22-10-18(12-24)23(20)11-14-4-8-17(21)9-5-14/h2-10,24H,11-13H2,1H3. The predicted molar refractivity (Wildman–Crippen MR) is 106 cm³/mol. The molecule has 1 heterocycles. The number of benzene rings is 2. The van der Waals surface area contributed by atoms with E-state index in [1.165, 1.54) is 7.11 Å². The Morgan fingerprint density at radius 1 is 1.15 bits per heavy atom. The molecule has 0 aliphatic carbocycles. The van der Waals surface area contributed by atoms with E-state index in [9.17, 15) is 9.90 Å². The molecule has 2 aromatic carbocycles. The van der Waals surface area contributed by atoms with E-state index in [4.69, 9.17) is 16.3 Å². The largest absolute Gasteiger partial charge is 0.465 e. The summed E-state index contributed by atoms with van der Waals surface area (Å²) in [4.78, 5) is 15.9. The second-order valence-electron chi connectivity index (χ2n) is 5.88. The summed E-state index contributed by atoms with van der Waals surface area (Å²) in [5.41, 5.74) is 3.43. The van der Waals surface area contributed by atoms with Crippen molar-refractivity contribution in [3.63, 3.8) is 0 Å². The fourth-order valence-corrected chi connectivity index (χ4v) is 3.66. The number of esters is 1. The Hall–Kier alpha value is -2.28. The molecule has 3 aromatic rings. The van der Waals surface area contributed by atoms with E-state index in [1.54, 1.807) is 30.1 Å². The van der Waals surface area contributed by atoms with Gasteiger partial charge in [-0.1, -0.05) is 47.6 Å². The molecule has 0 saturated heterocycles. The van der Waals surface area contributed by atoms with E-state index in [2.05, 4.69) is 4.98 Å². The average Bonchev–Trinajstić information content (AvgIpc) is 3.09. The van der Waals surface area contributed by atoms with Crippen LogP contribution in [0.1, 0.15) is 27.2 Å². The first kappa shape index (κ1) is 19.5. The van der Waals surface area contributed by atoms with Crippen molar-refractivity contribution in [1.29, 1.82) is 0 Å². The maximum atomic E-state index is 11.5. The van der Waals surface area contributed by atoms with Crippen LogP contribution >= 0.6 is 23.4 Å². The van der Waals surface area contributed by atoms with Crippen molar-refractivity contribution in [2.75, 3.05) is 7.11 Å². The number of carbonyl (C=O) groups is 1. The Morgan fingerprint density at radius 3 is 2.44 bits per heavy atom. The molecular formula is C20H19ClN2O3S. The topological polar surface area (TPSA) is 64.3 Å². The first-order chi connectivity index (χ1) is 13.1. The van der Waals surface area contributed by atoms with Gasteiger partial charge in [0.1, 0.15) is 0 Å². The first-order valence-electron chi connectivity index (χ1n) is 8.30. The van der Waals surface area contributed by atoms with Crippen molar-refractivity contribution >= 4 is 29.3 Å². The molecule has 1 aromatic heterocycles. The Balaban J connectivity index is 1.72. The Morgan fingerprint density at radius 2 is 1.81 bits per heavy atom. The molecule has 27 heavy (non-hydrogen) atoms. The molecule has 3 rings (SSSR count). The number of nitrogens with zero attached hydrogens (tertiary/aromatic N) is 2. The number of aromatic nitrogens is 2. The van der Waals surface area contributed by atoms with Gasteiger partial charge in [-0.25, -0.2) is 9.78 Å². The van der Waals surface area contributed by atoms with Crippen molar-refractivity contribution in [3.05, 3.63) is 82.1 Å². The third-order valence-corrected chi connectivity index (χ3v) is 5.37. The number of thioether (sulfide) groups is 1. The maximum absolute atomic E-state index is 11.5. The molecule has 0 bridgehead atoms. The van der Waals surface area contributed by atoms with Gasteiger partial charge in [-0.15, -0.1) is 0 Å². The molecule has 0 saturated carbocycles. The van der Waals surface area contributed by atoms with Crippen molar-refractivity contribution in [1.82, 2.24) is 9.55 Å². The van der Waals surface area contributed by atoms with Crippen LogP contribution in [0.4, 0.5) is 0 Å². The van der Waals surface area contributed by atoms with Crippen molar-refractivity contribution in [2.45, 2.75) is 24.1 Å². The molecule has 0 unspecified atom stereocenters. The highest BCUT2D eigenvalue weighted by Gasteiger charge is 2.11. The van der Waals surface area contributed by atoms with E-state index in [-0.39, 0.29) is 12.6 Å². The summed E-state index contributed by atoms with van der Waals surface area (Å²) in [6.45, 7) is 0.533. The zero-order chi connectivity index (χ0) is 19.2. The minimum absolute atomic E-state index is 0.0744. The van der Waals surface area contributed by atoms with Gasteiger partial charge in [0, 0.05) is 17.3 Å². The number of halogens is 1. The normalized spacial score (nSPS) is 10.8. The zero-order valence-corrected chi connectivity index (χ0v) is 16.3. The number of rotatable bonds is 7. The summed E-state index contributed by atoms with van der Waals surface area (Å²) in [6, 6.07) is 14.9. The minimum Gasteiger partial charge on any atom is -0.465 e. The van der Waals surface area contributed by atoms with Crippen LogP contribution in [-0.2, 0) is 23.6 Å². The van der Waals surface area contributed by atoms with Gasteiger partial charge in [-0.2, -0.15) is 0 Å². The quantitative estimate of drug-likeness (QED) is 0.475. The Kier molecular flexibility index (Phi) is 6.55. The second kappa shape index (κ2) is 9.08. The van der Waals surface area contributed by atoms with E-state index in [0.29, 0.717) is 22.9 Å². The summed E-state index contributed by atoms with van der Waals surface area (Å²) >= 11 is 7.53. The summed E-state index contributed by atoms with van der Waals surface area (Å²) in [6.07, 6.45) is 1.69. The molecule has 0 radical (unpaired) electrons. The first-order valence-corrected chi connectivity index (χ1v) is 9.67. The summed E-state index contributed by atoms with van der Waals surface area (Å²) in [5, 5.41) is 11.1. The third kappa shape index (κ3) is 4.91. The molecule has 5 nitrogen and oxygen atoms in total. The zero-order valence-electron chi connectivity index (χ0n) is 14.8. The molecule has 0 aliphatic rings. The average molecular weight is 403 g/mol. The van der Waals surface area contributed by atoms with E-state index in [0.717, 1.165) is 22.0 Å². The van der Waals surface area contributed by atoms with Gasteiger partial charge in [-0.05, 0) is 35.4 Å². The van der Waals surface area contributed by atoms with Crippen molar-refractivity contribution in [3.8, 4) is 0 Å². The van der Waals surface area contributed by atoms with Crippen LogP contribution in [0, 0.1) is 0 Å². The van der Waals surface area contributed by atoms with Gasteiger partial charge in [0.05, 0.1) is 31.2 Å². The van der Waals surface area contributed by atoms with Gasteiger partial charge in [-0.3, -0.25) is 0 Å². The van der Waals surface area contributed by atoms with Crippen LogP contribution in [0.3, 0.4) is 0 Å². The second-order valence-corrected chi connectivity index (χ2v) is 7.26. The Bertz CT molecular complexity index is 908. The number of methoxy groups -OCH3 is 1. The van der Waals surface area contributed by atoms with Crippen LogP contribution in [0.2, 0.25) is 5.02 Å². The summed E-state index contributed by atoms with van der Waals surface area (Å²) in [5.74, 6) is 0.351. The van der Waals surface area contributed by atoms with E-state index >= 15 is 0 Å². The van der Waals surface area contributed by atoms with Gasteiger partial charge in [0.25, 0.3) is 0 Å². The Labute approximate surface area is 167 Å². The highest BCUT2D eigenvalue weighted by Crippen LogP contribution is 2.25. The number of ether oxygens (including phenoxy) is 1. The number of hydrogen-bond acceptors (Lipinski definition) is 5. The highest BCUT2D eigenvalue weighted by molar-refractivity contribution is 7.98. The molecule has 140 valence electrons. The number of hydrogen-bond donors (Lipinski definition) is 1. The maximum Gasteiger partial charge on any atom is 0.337 e. The van der Waals surface area contributed by atoms with Gasteiger partial charge >= 0.3 is 5.97 Å². The highest BCUT2D eigenvalue weighted by atomic mass is 35.5. The molecule has 0 amide bonds. The van der Waals surface area contributed by atoms with Crippen molar-refractivity contribution in [2.24, 2.45) is 0 Å². The third-order valence-electron chi connectivity index (χ3n) is 4.06. The lowest BCUT2D eigenvalue weighted by Crippen LogP contribution is -2.06. The smallest absolute Gasteiger partial charge is 0.337 e. The van der Waals surface area contributed by atoms with Crippen LogP contribution in [-0.4, -0.2) is 27.7 Å². The number of aliphatic hydroxyl groups is 1. The molecule has 0 atom stereocenters. The van der Waals surface area contributed by atoms with Crippen molar-refractivity contribution < 1.29 is 14.6 Å². The lowest BCUT2D eigenvalue weighted by Gasteiger charge is -2.11. The fourth-order valence-electron chi connectivity index (χ4n) is 2.58. The molecule has 0 spiro atoms. The predicted octanol–water partition coefficient (Wildman–Crippen LogP) is 4.16. The monoisotopic (exact) mass is 402 g/mol. The minimum atomic E-state index is -0.347. The fraction of sp³-hybridized carbons (Fsp3) is 0.200. The van der Waals surface area contributed by atoms with E-state index < -0.39 is 0 Å². The van der Waals surface area contributed by atoms with Crippen LogP contribution in [0.15, 0.2) is 59.9 Å². The SMILES string of the molecule is COC(=O)c1ccc(CSc2ncc(CO)n2Cc2ccc(Cl)cc2)cc1. The lowest BCUT2D eigenvalue weighted by molar-refractivity contribution is 0.0600. The number of aliphatic hydroxyl groups excluding tert-OH is 1. The number of imidazole rings is 1. The van der Waals surface area contributed by atoms with Crippen LogP contribution in [0.25, 0.3) is 0 Å². The van der Waals surface area contributed by atoms with Crippen LogP contribution < -0.4 is 0 Å².